The Labute approximate surface area is 261 Å². The van der Waals surface area contributed by atoms with Gasteiger partial charge < -0.3 is 15.5 Å². The molecule has 42 heavy (non-hydrogen) atoms. The van der Waals surface area contributed by atoms with Crippen LogP contribution in [0, 0.1) is 23.2 Å². The van der Waals surface area contributed by atoms with Crippen molar-refractivity contribution in [3.05, 3.63) is 57.6 Å². The number of anilines is 1. The van der Waals surface area contributed by atoms with Crippen LogP contribution in [0.25, 0.3) is 5.69 Å². The summed E-state index contributed by atoms with van der Waals surface area (Å²) in [4.78, 5) is 27.4. The number of rotatable bonds is 12. The first kappa shape index (κ1) is 31.8. The predicted octanol–water partition coefficient (Wildman–Crippen LogP) is 5.10. The molecule has 12 heteroatoms. The standard InChI is InChI=1S/C30H35Cl2N7O2S/c1-30(2,28(41)33-14-5-15-38(3)4)13-12-21-8-10-25(23(31)17-21)34-27(40)19-42-29-35-36-37-39(29)26-11-9-22(18-24(26)32)16-20-6-7-20/h8-11,17-18,20H,5-7,14-16,19H2,1-4H3,(H,33,41)(H,34,40). The number of hydrogen-bond donors (Lipinski definition) is 2. The van der Waals surface area contributed by atoms with Crippen LogP contribution in [0.2, 0.25) is 10.0 Å². The largest absolute Gasteiger partial charge is 0.355 e. The van der Waals surface area contributed by atoms with Gasteiger partial charge in [0, 0.05) is 12.1 Å². The lowest BCUT2D eigenvalue weighted by Gasteiger charge is -2.17. The molecule has 3 aromatic rings. The van der Waals surface area contributed by atoms with Crippen LogP contribution in [0.5, 0.6) is 0 Å². The van der Waals surface area contributed by atoms with Gasteiger partial charge in [-0.1, -0.05) is 52.9 Å². The van der Waals surface area contributed by atoms with Crippen LogP contribution in [0.4, 0.5) is 5.69 Å². The highest BCUT2D eigenvalue weighted by Gasteiger charge is 2.25. The van der Waals surface area contributed by atoms with E-state index in [1.165, 1.54) is 34.8 Å². The quantitative estimate of drug-likeness (QED) is 0.164. The molecular weight excluding hydrogens is 593 g/mol. The van der Waals surface area contributed by atoms with Crippen LogP contribution in [0.15, 0.2) is 41.6 Å². The molecule has 0 unspecified atom stereocenters. The van der Waals surface area contributed by atoms with Crippen molar-refractivity contribution in [3.63, 3.8) is 0 Å². The third kappa shape index (κ3) is 9.20. The Hall–Kier alpha value is -3.10. The molecule has 222 valence electrons. The molecule has 9 nitrogen and oxygen atoms in total. The monoisotopic (exact) mass is 627 g/mol. The molecule has 0 spiro atoms. The van der Waals surface area contributed by atoms with E-state index in [1.54, 1.807) is 32.0 Å². The maximum Gasteiger partial charge on any atom is 0.237 e. The highest BCUT2D eigenvalue weighted by atomic mass is 35.5. The number of thioether (sulfide) groups is 1. The van der Waals surface area contributed by atoms with Crippen LogP contribution in [0.3, 0.4) is 0 Å². The molecule has 1 aliphatic carbocycles. The van der Waals surface area contributed by atoms with Crippen molar-refractivity contribution in [1.29, 1.82) is 0 Å². The van der Waals surface area contributed by atoms with Gasteiger partial charge in [0.25, 0.3) is 0 Å². The maximum absolute atomic E-state index is 12.7. The van der Waals surface area contributed by atoms with E-state index in [-0.39, 0.29) is 17.6 Å². The fraction of sp³-hybridized carbons (Fsp3) is 0.433. The number of nitrogens with zero attached hydrogens (tertiary/aromatic N) is 5. The van der Waals surface area contributed by atoms with Gasteiger partial charge in [-0.05, 0) is 112 Å². The van der Waals surface area contributed by atoms with E-state index >= 15 is 0 Å². The molecule has 4 rings (SSSR count). The molecule has 2 aromatic carbocycles. The SMILES string of the molecule is CN(C)CCCNC(=O)C(C)(C)C#Cc1ccc(NC(=O)CSc2nnnn2-c2ccc(CC3CC3)cc2Cl)c(Cl)c1. The summed E-state index contributed by atoms with van der Waals surface area (Å²) >= 11 is 14.2. The van der Waals surface area contributed by atoms with Crippen LogP contribution in [-0.4, -0.2) is 69.9 Å². The van der Waals surface area contributed by atoms with Crippen LogP contribution < -0.4 is 10.6 Å². The lowest BCUT2D eigenvalue weighted by molar-refractivity contribution is -0.126. The first-order valence-electron chi connectivity index (χ1n) is 13.8. The summed E-state index contributed by atoms with van der Waals surface area (Å²) < 4.78 is 1.53. The Kier molecular flexibility index (Phi) is 10.9. The lowest BCUT2D eigenvalue weighted by atomic mass is 9.92. The number of aromatic nitrogens is 4. The van der Waals surface area contributed by atoms with Crippen molar-refractivity contribution in [2.45, 2.75) is 44.7 Å². The molecular formula is C30H35Cl2N7O2S. The number of halogens is 2. The summed E-state index contributed by atoms with van der Waals surface area (Å²) in [6.07, 6.45) is 4.44. The maximum atomic E-state index is 12.7. The summed E-state index contributed by atoms with van der Waals surface area (Å²) in [6, 6.07) is 11.0. The van der Waals surface area contributed by atoms with Crippen molar-refractivity contribution in [1.82, 2.24) is 30.4 Å². The smallest absolute Gasteiger partial charge is 0.237 e. The Morgan fingerprint density at radius 1 is 1.14 bits per heavy atom. The zero-order valence-corrected chi connectivity index (χ0v) is 26.5. The van der Waals surface area contributed by atoms with Gasteiger partial charge in [0.15, 0.2) is 0 Å². The fourth-order valence-electron chi connectivity index (χ4n) is 4.04. The van der Waals surface area contributed by atoms with Crippen molar-refractivity contribution in [2.24, 2.45) is 11.3 Å². The van der Waals surface area contributed by atoms with E-state index in [1.807, 2.05) is 32.3 Å². The number of tetrazole rings is 1. The molecule has 0 radical (unpaired) electrons. The molecule has 1 aromatic heterocycles. The fourth-order valence-corrected chi connectivity index (χ4v) is 5.23. The summed E-state index contributed by atoms with van der Waals surface area (Å²) in [5, 5.41) is 19.0. The molecule has 0 atom stereocenters. The average Bonchev–Trinajstić information content (AvgIpc) is 3.63. The highest BCUT2D eigenvalue weighted by molar-refractivity contribution is 7.99. The Bertz CT molecular complexity index is 1490. The second-order valence-corrected chi connectivity index (χ2v) is 12.9. The number of hydrogen-bond acceptors (Lipinski definition) is 7. The molecule has 1 saturated carbocycles. The zero-order chi connectivity index (χ0) is 30.3. The van der Waals surface area contributed by atoms with E-state index in [4.69, 9.17) is 23.2 Å². The average molecular weight is 629 g/mol. The minimum absolute atomic E-state index is 0.0630. The van der Waals surface area contributed by atoms with Gasteiger partial charge in [-0.15, -0.1) is 5.10 Å². The van der Waals surface area contributed by atoms with E-state index in [2.05, 4.69) is 42.9 Å². The molecule has 2 N–H and O–H groups in total. The highest BCUT2D eigenvalue weighted by Crippen LogP contribution is 2.34. The predicted molar refractivity (Wildman–Crippen MR) is 168 cm³/mol. The summed E-state index contributed by atoms with van der Waals surface area (Å²) in [7, 11) is 3.99. The van der Waals surface area contributed by atoms with Gasteiger partial charge in [-0.25, -0.2) is 0 Å². The van der Waals surface area contributed by atoms with E-state index in [9.17, 15) is 9.59 Å². The lowest BCUT2D eigenvalue weighted by Crippen LogP contribution is -2.37. The Morgan fingerprint density at radius 2 is 1.93 bits per heavy atom. The van der Waals surface area contributed by atoms with Gasteiger partial charge in [0.05, 0.1) is 27.2 Å². The van der Waals surface area contributed by atoms with Gasteiger partial charge in [-0.2, -0.15) is 4.68 Å². The molecule has 0 bridgehead atoms. The molecule has 1 aliphatic rings. The zero-order valence-electron chi connectivity index (χ0n) is 24.2. The van der Waals surface area contributed by atoms with Crippen molar-refractivity contribution in [2.75, 3.05) is 38.3 Å². The van der Waals surface area contributed by atoms with E-state index in [0.717, 1.165) is 25.3 Å². The number of nitrogens with one attached hydrogen (secondary N) is 2. The van der Waals surface area contributed by atoms with Gasteiger partial charge in [-0.3, -0.25) is 9.59 Å². The molecule has 2 amide bonds. The molecule has 0 saturated heterocycles. The van der Waals surface area contributed by atoms with Crippen molar-refractivity contribution >= 4 is 52.5 Å². The normalized spacial score (nSPS) is 13.0. The number of amides is 2. The van der Waals surface area contributed by atoms with Crippen LogP contribution in [-0.2, 0) is 16.0 Å². The molecule has 1 heterocycles. The Balaban J connectivity index is 1.31. The summed E-state index contributed by atoms with van der Waals surface area (Å²) in [5.41, 5.74) is 2.09. The van der Waals surface area contributed by atoms with Crippen LogP contribution in [0.1, 0.15) is 44.2 Å². The topological polar surface area (TPSA) is 105 Å². The minimum Gasteiger partial charge on any atom is -0.355 e. The Morgan fingerprint density at radius 3 is 2.62 bits per heavy atom. The van der Waals surface area contributed by atoms with Crippen LogP contribution >= 0.6 is 35.0 Å². The van der Waals surface area contributed by atoms with Crippen molar-refractivity contribution < 1.29 is 9.59 Å². The molecule has 0 aliphatic heterocycles. The van der Waals surface area contributed by atoms with Crippen molar-refractivity contribution in [3.8, 4) is 17.5 Å². The van der Waals surface area contributed by atoms with Gasteiger partial charge in [0.1, 0.15) is 5.41 Å². The third-order valence-electron chi connectivity index (χ3n) is 6.63. The first-order chi connectivity index (χ1) is 20.0. The van der Waals surface area contributed by atoms with E-state index in [0.29, 0.717) is 38.7 Å². The molecule has 1 fully saturated rings. The number of carbonyl (C=O) groups excluding carboxylic acids is 2. The van der Waals surface area contributed by atoms with Gasteiger partial charge >= 0.3 is 0 Å². The summed E-state index contributed by atoms with van der Waals surface area (Å²) in [5.74, 6) is 6.49. The first-order valence-corrected chi connectivity index (χ1v) is 15.5. The number of benzene rings is 2. The summed E-state index contributed by atoms with van der Waals surface area (Å²) in [6.45, 7) is 5.05. The third-order valence-corrected chi connectivity index (χ3v) is 8.17. The van der Waals surface area contributed by atoms with E-state index < -0.39 is 5.41 Å². The second-order valence-electron chi connectivity index (χ2n) is 11.1. The van der Waals surface area contributed by atoms with Gasteiger partial charge in [0.2, 0.25) is 17.0 Å². The minimum atomic E-state index is -0.868. The number of carbonyl (C=O) groups is 2. The second kappa shape index (κ2) is 14.4.